The highest BCUT2D eigenvalue weighted by atomic mass is 79.9. The Balaban J connectivity index is 3.04. The van der Waals surface area contributed by atoms with E-state index in [0.29, 0.717) is 5.56 Å². The number of benzene rings is 1. The van der Waals surface area contributed by atoms with E-state index in [1.807, 2.05) is 0 Å². The molecule has 1 unspecified atom stereocenters. The van der Waals surface area contributed by atoms with E-state index < -0.39 is 11.9 Å². The second-order valence-corrected chi connectivity index (χ2v) is 3.38. The molecule has 68 valence electrons. The number of primary amides is 1. The molecule has 0 aliphatic heterocycles. The predicted molar refractivity (Wildman–Crippen MR) is 51.9 cm³/mol. The summed E-state index contributed by atoms with van der Waals surface area (Å²) in [6.45, 7) is 0. The van der Waals surface area contributed by atoms with Crippen LogP contribution in [0.5, 0.6) is 0 Å². The smallest absolute Gasteiger partial charge is 0.250 e. The minimum Gasteiger partial charge on any atom is -0.367 e. The number of nitroso groups, excluding NO2 is 1. The van der Waals surface area contributed by atoms with E-state index in [1.54, 1.807) is 24.3 Å². The normalized spacial score (nSPS) is 12.1. The van der Waals surface area contributed by atoms with Crippen molar-refractivity contribution in [2.24, 2.45) is 10.9 Å². The first-order valence-electron chi connectivity index (χ1n) is 3.52. The van der Waals surface area contributed by atoms with Crippen LogP contribution in [0.3, 0.4) is 0 Å². The minimum absolute atomic E-state index is 0.497. The first-order chi connectivity index (χ1) is 6.15. The molecule has 2 N–H and O–H groups in total. The minimum atomic E-state index is -1.10. The highest BCUT2D eigenvalue weighted by Crippen LogP contribution is 2.20. The molecule has 5 heteroatoms. The Morgan fingerprint density at radius 2 is 2.23 bits per heavy atom. The summed E-state index contributed by atoms with van der Waals surface area (Å²) < 4.78 is 0.778. The van der Waals surface area contributed by atoms with Crippen LogP contribution in [0, 0.1) is 4.91 Å². The van der Waals surface area contributed by atoms with Gasteiger partial charge in [-0.1, -0.05) is 33.2 Å². The quantitative estimate of drug-likeness (QED) is 0.821. The van der Waals surface area contributed by atoms with Gasteiger partial charge in [-0.3, -0.25) is 4.79 Å². The fourth-order valence-corrected chi connectivity index (χ4v) is 1.37. The van der Waals surface area contributed by atoms with Gasteiger partial charge in [0, 0.05) is 4.47 Å². The van der Waals surface area contributed by atoms with E-state index in [9.17, 15) is 9.70 Å². The number of rotatable bonds is 3. The van der Waals surface area contributed by atoms with E-state index in [0.717, 1.165) is 4.47 Å². The summed E-state index contributed by atoms with van der Waals surface area (Å²) >= 11 is 3.21. The van der Waals surface area contributed by atoms with E-state index in [2.05, 4.69) is 21.1 Å². The Morgan fingerprint density at radius 3 is 2.69 bits per heavy atom. The maximum Gasteiger partial charge on any atom is 0.250 e. The highest BCUT2D eigenvalue weighted by molar-refractivity contribution is 9.10. The number of hydrogen-bond acceptors (Lipinski definition) is 3. The lowest BCUT2D eigenvalue weighted by Gasteiger charge is -2.04. The number of carbonyl (C=O) groups is 1. The van der Waals surface area contributed by atoms with Gasteiger partial charge in [-0.05, 0) is 17.7 Å². The fourth-order valence-electron chi connectivity index (χ4n) is 0.954. The lowest BCUT2D eigenvalue weighted by molar-refractivity contribution is -0.119. The largest absolute Gasteiger partial charge is 0.367 e. The van der Waals surface area contributed by atoms with Crippen LogP contribution in [-0.4, -0.2) is 5.91 Å². The van der Waals surface area contributed by atoms with Crippen molar-refractivity contribution in [2.75, 3.05) is 0 Å². The molecule has 1 rings (SSSR count). The van der Waals surface area contributed by atoms with Crippen LogP contribution in [0.2, 0.25) is 0 Å². The number of nitrogens with two attached hydrogens (primary N) is 1. The van der Waals surface area contributed by atoms with Gasteiger partial charge in [0.25, 0.3) is 5.91 Å². The third kappa shape index (κ3) is 2.35. The van der Waals surface area contributed by atoms with Crippen molar-refractivity contribution >= 4 is 21.8 Å². The Morgan fingerprint density at radius 1 is 1.54 bits per heavy atom. The predicted octanol–water partition coefficient (Wildman–Crippen LogP) is 1.74. The first-order valence-corrected chi connectivity index (χ1v) is 4.31. The van der Waals surface area contributed by atoms with Gasteiger partial charge in [0.1, 0.15) is 0 Å². The molecular formula is C8H7BrN2O2. The monoisotopic (exact) mass is 242 g/mol. The van der Waals surface area contributed by atoms with Crippen molar-refractivity contribution < 1.29 is 4.79 Å². The average molecular weight is 243 g/mol. The zero-order valence-electron chi connectivity index (χ0n) is 6.61. The summed E-state index contributed by atoms with van der Waals surface area (Å²) in [5, 5.41) is 2.65. The summed E-state index contributed by atoms with van der Waals surface area (Å²) in [5.41, 5.74) is 5.48. The molecule has 0 aliphatic carbocycles. The lowest BCUT2D eigenvalue weighted by Crippen LogP contribution is -2.19. The van der Waals surface area contributed by atoms with E-state index in [4.69, 9.17) is 5.73 Å². The molecule has 0 saturated heterocycles. The van der Waals surface area contributed by atoms with Gasteiger partial charge < -0.3 is 5.73 Å². The molecule has 0 spiro atoms. The van der Waals surface area contributed by atoms with Crippen LogP contribution < -0.4 is 5.73 Å². The van der Waals surface area contributed by atoms with Gasteiger partial charge >= 0.3 is 0 Å². The van der Waals surface area contributed by atoms with Gasteiger partial charge in [-0.2, -0.15) is 0 Å². The van der Waals surface area contributed by atoms with Crippen molar-refractivity contribution in [1.29, 1.82) is 0 Å². The van der Waals surface area contributed by atoms with E-state index in [-0.39, 0.29) is 0 Å². The molecule has 0 aromatic heterocycles. The third-order valence-corrected chi connectivity index (χ3v) is 2.03. The van der Waals surface area contributed by atoms with Crippen LogP contribution >= 0.6 is 15.9 Å². The molecule has 13 heavy (non-hydrogen) atoms. The van der Waals surface area contributed by atoms with Crippen molar-refractivity contribution in [1.82, 2.24) is 0 Å². The highest BCUT2D eigenvalue weighted by Gasteiger charge is 2.17. The Labute approximate surface area is 83.2 Å². The Kier molecular flexibility index (Phi) is 3.13. The van der Waals surface area contributed by atoms with Crippen molar-refractivity contribution in [3.63, 3.8) is 0 Å². The fraction of sp³-hybridized carbons (Fsp3) is 0.125. The molecule has 0 aliphatic rings. The molecule has 0 radical (unpaired) electrons. The number of amides is 1. The van der Waals surface area contributed by atoms with Crippen LogP contribution in [0.1, 0.15) is 11.6 Å². The maximum absolute atomic E-state index is 10.8. The van der Waals surface area contributed by atoms with Gasteiger partial charge in [-0.15, -0.1) is 4.91 Å². The first kappa shape index (κ1) is 9.85. The summed E-state index contributed by atoms with van der Waals surface area (Å²) in [4.78, 5) is 21.0. The number of nitrogens with zero attached hydrogens (tertiary/aromatic N) is 1. The van der Waals surface area contributed by atoms with Gasteiger partial charge in [0.2, 0.25) is 0 Å². The molecule has 1 atom stereocenters. The zero-order chi connectivity index (χ0) is 9.84. The molecule has 1 aromatic carbocycles. The van der Waals surface area contributed by atoms with Crippen molar-refractivity contribution in [2.45, 2.75) is 6.04 Å². The summed E-state index contributed by atoms with van der Waals surface area (Å²) in [6.07, 6.45) is 0. The number of hydrogen-bond donors (Lipinski definition) is 1. The summed E-state index contributed by atoms with van der Waals surface area (Å²) in [7, 11) is 0. The molecule has 4 nitrogen and oxygen atoms in total. The van der Waals surface area contributed by atoms with Crippen LogP contribution in [0.25, 0.3) is 0 Å². The number of halogens is 1. The lowest BCUT2D eigenvalue weighted by atomic mass is 10.1. The van der Waals surface area contributed by atoms with Crippen LogP contribution in [0.4, 0.5) is 0 Å². The number of carbonyl (C=O) groups excluding carboxylic acids is 1. The topological polar surface area (TPSA) is 72.5 Å². The van der Waals surface area contributed by atoms with Crippen molar-refractivity contribution in [3.8, 4) is 0 Å². The molecule has 0 heterocycles. The van der Waals surface area contributed by atoms with E-state index in [1.165, 1.54) is 0 Å². The Hall–Kier alpha value is -1.23. The summed E-state index contributed by atoms with van der Waals surface area (Å²) in [6, 6.07) is 5.66. The molecular weight excluding hydrogens is 236 g/mol. The molecule has 0 saturated carbocycles. The van der Waals surface area contributed by atoms with Crippen LogP contribution in [0.15, 0.2) is 33.9 Å². The summed E-state index contributed by atoms with van der Waals surface area (Å²) in [5.74, 6) is -0.742. The SMILES string of the molecule is NC(=O)C(N=O)c1cccc(Br)c1. The second kappa shape index (κ2) is 4.13. The average Bonchev–Trinajstić information content (AvgIpc) is 2.04. The van der Waals surface area contributed by atoms with Crippen LogP contribution in [-0.2, 0) is 4.79 Å². The zero-order valence-corrected chi connectivity index (χ0v) is 8.19. The van der Waals surface area contributed by atoms with Crippen molar-refractivity contribution in [3.05, 3.63) is 39.2 Å². The van der Waals surface area contributed by atoms with Gasteiger partial charge in [0.05, 0.1) is 0 Å². The maximum atomic E-state index is 10.8. The third-order valence-electron chi connectivity index (χ3n) is 1.54. The van der Waals surface area contributed by atoms with Gasteiger partial charge in [-0.25, -0.2) is 0 Å². The van der Waals surface area contributed by atoms with Gasteiger partial charge in [0.15, 0.2) is 6.04 Å². The standard InChI is InChI=1S/C8H7BrN2O2/c9-6-3-1-2-5(4-6)7(11-13)8(10)12/h1-4,7H,(H2,10,12). The molecule has 0 bridgehead atoms. The molecule has 1 amide bonds. The van der Waals surface area contributed by atoms with E-state index >= 15 is 0 Å². The second-order valence-electron chi connectivity index (χ2n) is 2.47. The Bertz CT molecular complexity index is 341. The molecule has 1 aromatic rings. The molecule has 0 fully saturated rings.